The van der Waals surface area contributed by atoms with E-state index < -0.39 is 0 Å². The third-order valence-electron chi connectivity index (χ3n) is 8.72. The molecule has 0 spiro atoms. The molecule has 240 valence electrons. The standard InChI is InChI=1S/C43H51NO2/c1-4-6-8-10-32-45-42-28-18-37(19-29-42)35-14-24-40(25-15-35)44(39-22-12-34(3)13-23-39)41-26-16-36(17-27-41)38-20-30-43(31-21-38)46-33-11-9-7-5-2/h12-30,43H,4-11,31-33H2,1-3H3. The zero-order valence-corrected chi connectivity index (χ0v) is 28.1. The van der Waals surface area contributed by atoms with Crippen molar-refractivity contribution in [2.75, 3.05) is 18.1 Å². The fourth-order valence-corrected chi connectivity index (χ4v) is 5.91. The molecule has 0 N–H and O–H groups in total. The number of hydrogen-bond donors (Lipinski definition) is 0. The Kier molecular flexibility index (Phi) is 12.7. The Balaban J connectivity index is 1.27. The summed E-state index contributed by atoms with van der Waals surface area (Å²) < 4.78 is 12.1. The van der Waals surface area contributed by atoms with Gasteiger partial charge in [-0.15, -0.1) is 0 Å². The molecule has 4 aromatic carbocycles. The van der Waals surface area contributed by atoms with Gasteiger partial charge in [0.15, 0.2) is 0 Å². The van der Waals surface area contributed by atoms with Crippen molar-refractivity contribution in [3.63, 3.8) is 0 Å². The molecule has 0 saturated heterocycles. The summed E-state index contributed by atoms with van der Waals surface area (Å²) in [4.78, 5) is 2.33. The van der Waals surface area contributed by atoms with E-state index in [1.807, 2.05) is 0 Å². The summed E-state index contributed by atoms with van der Waals surface area (Å²) in [5.74, 6) is 0.941. The van der Waals surface area contributed by atoms with Gasteiger partial charge in [-0.05, 0) is 97.0 Å². The minimum atomic E-state index is 0.191. The van der Waals surface area contributed by atoms with Gasteiger partial charge in [0.25, 0.3) is 0 Å². The molecule has 0 fully saturated rings. The number of aryl methyl sites for hydroxylation is 1. The highest BCUT2D eigenvalue weighted by molar-refractivity contribution is 5.81. The van der Waals surface area contributed by atoms with Crippen LogP contribution in [0.25, 0.3) is 16.7 Å². The molecule has 1 aliphatic rings. The molecule has 0 aromatic heterocycles. The third-order valence-corrected chi connectivity index (χ3v) is 8.72. The van der Waals surface area contributed by atoms with Gasteiger partial charge in [-0.1, -0.05) is 125 Å². The van der Waals surface area contributed by atoms with Crippen molar-refractivity contribution in [2.24, 2.45) is 0 Å². The van der Waals surface area contributed by atoms with Crippen LogP contribution in [0.1, 0.15) is 82.8 Å². The second-order valence-electron chi connectivity index (χ2n) is 12.4. The van der Waals surface area contributed by atoms with Gasteiger partial charge in [-0.2, -0.15) is 0 Å². The summed E-state index contributed by atoms with van der Waals surface area (Å²) in [7, 11) is 0. The fourth-order valence-electron chi connectivity index (χ4n) is 5.91. The summed E-state index contributed by atoms with van der Waals surface area (Å²) >= 11 is 0. The number of nitrogens with zero attached hydrogens (tertiary/aromatic N) is 1. The fraction of sp³-hybridized carbons (Fsp3) is 0.349. The summed E-state index contributed by atoms with van der Waals surface area (Å²) in [6, 6.07) is 35.0. The molecule has 1 unspecified atom stereocenters. The van der Waals surface area contributed by atoms with Crippen molar-refractivity contribution < 1.29 is 9.47 Å². The Labute approximate surface area is 277 Å². The highest BCUT2D eigenvalue weighted by atomic mass is 16.5. The van der Waals surface area contributed by atoms with Gasteiger partial charge < -0.3 is 14.4 Å². The molecule has 0 radical (unpaired) electrons. The smallest absolute Gasteiger partial charge is 0.119 e. The number of rotatable bonds is 17. The van der Waals surface area contributed by atoms with E-state index in [2.05, 4.69) is 141 Å². The first-order valence-corrected chi connectivity index (χ1v) is 17.4. The minimum absolute atomic E-state index is 0.191. The molecular weight excluding hydrogens is 562 g/mol. The van der Waals surface area contributed by atoms with Crippen molar-refractivity contribution in [1.82, 2.24) is 0 Å². The van der Waals surface area contributed by atoms with Crippen LogP contribution >= 0.6 is 0 Å². The van der Waals surface area contributed by atoms with Crippen LogP contribution in [0, 0.1) is 6.92 Å². The van der Waals surface area contributed by atoms with Crippen LogP contribution < -0.4 is 9.64 Å². The van der Waals surface area contributed by atoms with Crippen LogP contribution in [0.2, 0.25) is 0 Å². The zero-order valence-electron chi connectivity index (χ0n) is 28.1. The van der Waals surface area contributed by atoms with Gasteiger partial charge in [-0.25, -0.2) is 0 Å². The number of hydrogen-bond acceptors (Lipinski definition) is 3. The van der Waals surface area contributed by atoms with Crippen molar-refractivity contribution in [3.05, 3.63) is 126 Å². The Morgan fingerprint density at radius 3 is 1.65 bits per heavy atom. The Morgan fingerprint density at radius 1 is 0.587 bits per heavy atom. The quantitative estimate of drug-likeness (QED) is 0.111. The van der Waals surface area contributed by atoms with Crippen molar-refractivity contribution in [1.29, 1.82) is 0 Å². The lowest BCUT2D eigenvalue weighted by Crippen LogP contribution is -2.12. The topological polar surface area (TPSA) is 21.7 Å². The predicted octanol–water partition coefficient (Wildman–Crippen LogP) is 12.4. The largest absolute Gasteiger partial charge is 0.494 e. The molecule has 0 aliphatic heterocycles. The lowest BCUT2D eigenvalue weighted by molar-refractivity contribution is 0.0834. The Morgan fingerprint density at radius 2 is 1.11 bits per heavy atom. The predicted molar refractivity (Wildman–Crippen MR) is 197 cm³/mol. The summed E-state index contributed by atoms with van der Waals surface area (Å²) in [6.07, 6.45) is 17.7. The van der Waals surface area contributed by atoms with E-state index in [1.165, 1.54) is 66.4 Å². The van der Waals surface area contributed by atoms with E-state index in [0.717, 1.165) is 55.3 Å². The first-order valence-electron chi connectivity index (χ1n) is 17.4. The van der Waals surface area contributed by atoms with Gasteiger partial charge in [0.05, 0.1) is 12.7 Å². The zero-order chi connectivity index (χ0) is 32.0. The van der Waals surface area contributed by atoms with E-state index in [4.69, 9.17) is 9.47 Å². The van der Waals surface area contributed by atoms with Crippen LogP contribution in [0.15, 0.2) is 115 Å². The molecule has 3 heteroatoms. The number of allylic oxidation sites excluding steroid dienone is 2. The van der Waals surface area contributed by atoms with Crippen molar-refractivity contribution in [3.8, 4) is 16.9 Å². The molecule has 4 aromatic rings. The highest BCUT2D eigenvalue weighted by Crippen LogP contribution is 2.37. The van der Waals surface area contributed by atoms with E-state index in [1.54, 1.807) is 0 Å². The molecule has 0 heterocycles. The normalized spacial score (nSPS) is 14.2. The third kappa shape index (κ3) is 9.47. The summed E-state index contributed by atoms with van der Waals surface area (Å²) in [5, 5.41) is 0. The van der Waals surface area contributed by atoms with Crippen molar-refractivity contribution in [2.45, 2.75) is 84.7 Å². The van der Waals surface area contributed by atoms with Gasteiger partial charge in [0.2, 0.25) is 0 Å². The summed E-state index contributed by atoms with van der Waals surface area (Å²) in [5.41, 5.74) is 9.53. The maximum absolute atomic E-state index is 6.09. The lowest BCUT2D eigenvalue weighted by Gasteiger charge is -2.26. The van der Waals surface area contributed by atoms with Crippen LogP contribution in [-0.4, -0.2) is 19.3 Å². The minimum Gasteiger partial charge on any atom is -0.494 e. The van der Waals surface area contributed by atoms with Crippen molar-refractivity contribution >= 4 is 22.6 Å². The molecule has 46 heavy (non-hydrogen) atoms. The molecular formula is C43H51NO2. The van der Waals surface area contributed by atoms with Crippen LogP contribution in [0.3, 0.4) is 0 Å². The van der Waals surface area contributed by atoms with Crippen LogP contribution in [0.4, 0.5) is 17.1 Å². The van der Waals surface area contributed by atoms with Crippen LogP contribution in [0.5, 0.6) is 5.75 Å². The van der Waals surface area contributed by atoms with E-state index in [9.17, 15) is 0 Å². The maximum atomic E-state index is 6.09. The second kappa shape index (κ2) is 17.6. The number of ether oxygens (including phenoxy) is 2. The number of benzene rings is 4. The van der Waals surface area contributed by atoms with Gasteiger partial charge in [0, 0.05) is 23.7 Å². The average molecular weight is 614 g/mol. The highest BCUT2D eigenvalue weighted by Gasteiger charge is 2.15. The first-order chi connectivity index (χ1) is 22.6. The average Bonchev–Trinajstić information content (AvgIpc) is 3.10. The first kappa shape index (κ1) is 33.3. The lowest BCUT2D eigenvalue weighted by atomic mass is 9.98. The monoisotopic (exact) mass is 613 g/mol. The Bertz CT molecular complexity index is 1520. The Hall–Kier alpha value is -4.08. The number of anilines is 3. The van der Waals surface area contributed by atoms with Gasteiger partial charge >= 0.3 is 0 Å². The maximum Gasteiger partial charge on any atom is 0.119 e. The van der Waals surface area contributed by atoms with Gasteiger partial charge in [-0.3, -0.25) is 0 Å². The van der Waals surface area contributed by atoms with Gasteiger partial charge in [0.1, 0.15) is 5.75 Å². The summed E-state index contributed by atoms with van der Waals surface area (Å²) in [6.45, 7) is 8.25. The molecule has 5 rings (SSSR count). The molecule has 0 saturated carbocycles. The molecule has 0 amide bonds. The SMILES string of the molecule is CCCCCCOc1ccc(-c2ccc(N(c3ccc(C)cc3)c3ccc(C4=CCC(OCCCCCC)C=C4)cc3)cc2)cc1. The van der Waals surface area contributed by atoms with E-state index in [-0.39, 0.29) is 6.10 Å². The molecule has 1 aliphatic carbocycles. The molecule has 1 atom stereocenters. The van der Waals surface area contributed by atoms with Crippen LogP contribution in [-0.2, 0) is 4.74 Å². The van der Waals surface area contributed by atoms with E-state index >= 15 is 0 Å². The molecule has 3 nitrogen and oxygen atoms in total. The second-order valence-corrected chi connectivity index (χ2v) is 12.4. The molecule has 0 bridgehead atoms. The number of unbranched alkanes of at least 4 members (excludes halogenated alkanes) is 6. The van der Waals surface area contributed by atoms with E-state index in [0.29, 0.717) is 0 Å².